The molecule has 4 aliphatic carbocycles. The molecule has 6 rings (SSSR count). The molecule has 0 spiro atoms. The van der Waals surface area contributed by atoms with Crippen molar-refractivity contribution in [2.75, 3.05) is 13.2 Å². The fourth-order valence-corrected chi connectivity index (χ4v) is 6.67. The lowest BCUT2D eigenvalue weighted by atomic mass is 9.49. The molecule has 1 aromatic carbocycles. The van der Waals surface area contributed by atoms with Crippen molar-refractivity contribution in [3.05, 3.63) is 24.3 Å². The maximum atomic E-state index is 13.1. The Bertz CT molecular complexity index is 692. The number of alkyl halides is 1. The Morgan fingerprint density at radius 1 is 1.16 bits per heavy atom. The average Bonchev–Trinajstić information content (AvgIpc) is 2.57. The third-order valence-electron chi connectivity index (χ3n) is 6.53. The monoisotopic (exact) mass is 361 g/mol. The number of carbonyl (C=O) groups excluding carboxylic acids is 1. The standard InChI is InChI=1S/C20H24ClNO3/c21-20-8-13-5-14(9-20)7-19(6-13,12-20)18(23)22-10-15-11-24-16-3-1-2-4-17(16)25-15/h1-4,13-15H,5-12H2,(H,22,23). The number of carbonyl (C=O) groups is 1. The van der Waals surface area contributed by atoms with E-state index in [1.807, 2.05) is 24.3 Å². The van der Waals surface area contributed by atoms with E-state index in [4.69, 9.17) is 21.1 Å². The second-order valence-electron chi connectivity index (χ2n) is 8.60. The molecule has 1 N–H and O–H groups in total. The van der Waals surface area contributed by atoms with Gasteiger partial charge in [-0.2, -0.15) is 0 Å². The fourth-order valence-electron chi connectivity index (χ4n) is 5.97. The van der Waals surface area contributed by atoms with E-state index in [9.17, 15) is 4.79 Å². The first kappa shape index (κ1) is 15.8. The Morgan fingerprint density at radius 2 is 1.88 bits per heavy atom. The summed E-state index contributed by atoms with van der Waals surface area (Å²) >= 11 is 6.84. The Morgan fingerprint density at radius 3 is 2.60 bits per heavy atom. The van der Waals surface area contributed by atoms with Crippen LogP contribution in [0.4, 0.5) is 0 Å². The van der Waals surface area contributed by atoms with Crippen LogP contribution in [-0.4, -0.2) is 30.0 Å². The number of benzene rings is 1. The lowest BCUT2D eigenvalue weighted by Gasteiger charge is -2.59. The molecule has 5 aliphatic rings. The zero-order valence-corrected chi connectivity index (χ0v) is 15.1. The fraction of sp³-hybridized carbons (Fsp3) is 0.650. The van der Waals surface area contributed by atoms with Crippen LogP contribution in [0, 0.1) is 17.3 Å². The Labute approximate surface area is 153 Å². The van der Waals surface area contributed by atoms with Gasteiger partial charge in [0.05, 0.1) is 12.0 Å². The molecule has 1 aliphatic heterocycles. The summed E-state index contributed by atoms with van der Waals surface area (Å²) in [6, 6.07) is 7.66. The number of ether oxygens (including phenoxy) is 2. The number of amides is 1. The summed E-state index contributed by atoms with van der Waals surface area (Å²) in [5, 5.41) is 3.15. The number of fused-ring (bicyclic) bond motifs is 1. The van der Waals surface area contributed by atoms with Crippen molar-refractivity contribution in [3.8, 4) is 11.5 Å². The SMILES string of the molecule is O=C(NCC1COc2ccccc2O1)C12CC3CC(CC(Cl)(C3)C1)C2. The first-order chi connectivity index (χ1) is 12.0. The lowest BCUT2D eigenvalue weighted by molar-refractivity contribution is -0.145. The molecule has 0 radical (unpaired) electrons. The average molecular weight is 362 g/mol. The molecule has 0 aromatic heterocycles. The van der Waals surface area contributed by atoms with Gasteiger partial charge in [-0.3, -0.25) is 4.79 Å². The molecule has 4 nitrogen and oxygen atoms in total. The van der Waals surface area contributed by atoms with Gasteiger partial charge in [-0.25, -0.2) is 0 Å². The molecule has 0 saturated heterocycles. The summed E-state index contributed by atoms with van der Waals surface area (Å²) < 4.78 is 11.7. The molecule has 3 atom stereocenters. The van der Waals surface area contributed by atoms with Crippen molar-refractivity contribution in [2.45, 2.75) is 49.5 Å². The van der Waals surface area contributed by atoms with Gasteiger partial charge in [0, 0.05) is 4.87 Å². The van der Waals surface area contributed by atoms with E-state index in [2.05, 4.69) is 5.32 Å². The molecule has 1 heterocycles. The minimum absolute atomic E-state index is 0.134. The van der Waals surface area contributed by atoms with Crippen molar-refractivity contribution >= 4 is 17.5 Å². The molecule has 3 unspecified atom stereocenters. The van der Waals surface area contributed by atoms with Gasteiger partial charge in [-0.05, 0) is 62.5 Å². The highest BCUT2D eigenvalue weighted by atomic mass is 35.5. The molecule has 4 saturated carbocycles. The van der Waals surface area contributed by atoms with E-state index < -0.39 is 0 Å². The molecular weight excluding hydrogens is 338 g/mol. The van der Waals surface area contributed by atoms with Gasteiger partial charge in [0.25, 0.3) is 0 Å². The molecule has 134 valence electrons. The molecular formula is C20H24ClNO3. The van der Waals surface area contributed by atoms with Crippen molar-refractivity contribution in [1.82, 2.24) is 5.32 Å². The van der Waals surface area contributed by atoms with Crippen LogP contribution in [0.1, 0.15) is 38.5 Å². The second-order valence-corrected chi connectivity index (χ2v) is 9.40. The van der Waals surface area contributed by atoms with Gasteiger partial charge in [-0.1, -0.05) is 12.1 Å². The van der Waals surface area contributed by atoms with E-state index in [0.717, 1.165) is 43.6 Å². The molecule has 1 amide bonds. The van der Waals surface area contributed by atoms with Gasteiger partial charge in [-0.15, -0.1) is 11.6 Å². The maximum absolute atomic E-state index is 13.1. The maximum Gasteiger partial charge on any atom is 0.226 e. The van der Waals surface area contributed by atoms with Crippen LogP contribution in [0.5, 0.6) is 11.5 Å². The number of nitrogens with one attached hydrogen (secondary N) is 1. The summed E-state index contributed by atoms with van der Waals surface area (Å²) in [4.78, 5) is 12.9. The predicted octanol–water partition coefficient (Wildman–Crippen LogP) is 3.52. The van der Waals surface area contributed by atoms with Gasteiger partial charge in [0.1, 0.15) is 12.7 Å². The predicted molar refractivity (Wildman–Crippen MR) is 95.1 cm³/mol. The van der Waals surface area contributed by atoms with Crippen LogP contribution in [0.15, 0.2) is 24.3 Å². The van der Waals surface area contributed by atoms with Crippen LogP contribution < -0.4 is 14.8 Å². The summed E-state index contributed by atoms with van der Waals surface area (Å²) in [7, 11) is 0. The molecule has 4 fully saturated rings. The topological polar surface area (TPSA) is 47.6 Å². The van der Waals surface area contributed by atoms with Gasteiger partial charge in [0.2, 0.25) is 5.91 Å². The van der Waals surface area contributed by atoms with Crippen LogP contribution in [0.2, 0.25) is 0 Å². The van der Waals surface area contributed by atoms with Crippen molar-refractivity contribution in [1.29, 1.82) is 0 Å². The van der Waals surface area contributed by atoms with E-state index in [-0.39, 0.29) is 22.3 Å². The van der Waals surface area contributed by atoms with Gasteiger partial charge < -0.3 is 14.8 Å². The smallest absolute Gasteiger partial charge is 0.226 e. The van der Waals surface area contributed by atoms with Crippen molar-refractivity contribution in [2.24, 2.45) is 17.3 Å². The third-order valence-corrected chi connectivity index (χ3v) is 6.97. The van der Waals surface area contributed by atoms with Gasteiger partial charge in [0.15, 0.2) is 11.5 Å². The van der Waals surface area contributed by atoms with E-state index in [1.165, 1.54) is 6.42 Å². The van der Waals surface area contributed by atoms with Crippen LogP contribution in [-0.2, 0) is 4.79 Å². The summed E-state index contributed by atoms with van der Waals surface area (Å²) in [5.74, 6) is 2.96. The largest absolute Gasteiger partial charge is 0.486 e. The molecule has 25 heavy (non-hydrogen) atoms. The van der Waals surface area contributed by atoms with Crippen molar-refractivity contribution < 1.29 is 14.3 Å². The highest BCUT2D eigenvalue weighted by Crippen LogP contribution is 2.63. The number of halogens is 1. The van der Waals surface area contributed by atoms with Crippen LogP contribution in [0.3, 0.4) is 0 Å². The quantitative estimate of drug-likeness (QED) is 0.838. The van der Waals surface area contributed by atoms with Crippen molar-refractivity contribution in [3.63, 3.8) is 0 Å². The highest BCUT2D eigenvalue weighted by Gasteiger charge is 2.60. The van der Waals surface area contributed by atoms with Crippen LogP contribution >= 0.6 is 11.6 Å². The summed E-state index contributed by atoms with van der Waals surface area (Å²) in [6.45, 7) is 0.953. The lowest BCUT2D eigenvalue weighted by Crippen LogP contribution is -2.59. The summed E-state index contributed by atoms with van der Waals surface area (Å²) in [6.07, 6.45) is 6.17. The zero-order chi connectivity index (χ0) is 17.1. The Balaban J connectivity index is 1.24. The molecule has 4 bridgehead atoms. The number of para-hydroxylation sites is 2. The molecule has 1 aromatic rings. The van der Waals surface area contributed by atoms with E-state index in [1.54, 1.807) is 0 Å². The number of rotatable bonds is 3. The Kier molecular flexibility index (Phi) is 3.50. The zero-order valence-electron chi connectivity index (χ0n) is 14.3. The first-order valence-corrected chi connectivity index (χ1v) is 9.77. The van der Waals surface area contributed by atoms with Gasteiger partial charge >= 0.3 is 0 Å². The highest BCUT2D eigenvalue weighted by molar-refractivity contribution is 6.24. The summed E-state index contributed by atoms with van der Waals surface area (Å²) in [5.41, 5.74) is -0.251. The number of hydrogen-bond donors (Lipinski definition) is 1. The first-order valence-electron chi connectivity index (χ1n) is 9.39. The number of hydrogen-bond acceptors (Lipinski definition) is 3. The van der Waals surface area contributed by atoms with Crippen LogP contribution in [0.25, 0.3) is 0 Å². The van der Waals surface area contributed by atoms with E-state index in [0.29, 0.717) is 25.0 Å². The normalized spacial score (nSPS) is 40.8. The third kappa shape index (κ3) is 2.69. The molecule has 5 heteroatoms. The Hall–Kier alpha value is -1.42. The minimum atomic E-state index is -0.251. The van der Waals surface area contributed by atoms with E-state index >= 15 is 0 Å². The minimum Gasteiger partial charge on any atom is -0.486 e. The second kappa shape index (κ2) is 5.54.